The third-order valence-corrected chi connectivity index (χ3v) is 1.85. The number of rotatable bonds is 4. The first kappa shape index (κ1) is 12.4. The molecule has 0 aliphatic heterocycles. The number of halogens is 2. The molecule has 6 heteroatoms. The fourth-order valence-electron chi connectivity index (χ4n) is 1.01. The Morgan fingerprint density at radius 2 is 2.12 bits per heavy atom. The van der Waals surface area contributed by atoms with Crippen LogP contribution in [0, 0.1) is 0 Å². The van der Waals surface area contributed by atoms with E-state index in [0.29, 0.717) is 0 Å². The topological polar surface area (TPSA) is 69.6 Å². The van der Waals surface area contributed by atoms with Crippen molar-refractivity contribution in [2.24, 2.45) is 0 Å². The van der Waals surface area contributed by atoms with Gasteiger partial charge in [-0.15, -0.1) is 0 Å². The van der Waals surface area contributed by atoms with Gasteiger partial charge in [-0.05, 0) is 18.2 Å². The van der Waals surface area contributed by atoms with Crippen LogP contribution in [0.1, 0.15) is 10.4 Å². The second-order valence-electron chi connectivity index (χ2n) is 3.25. The summed E-state index contributed by atoms with van der Waals surface area (Å²) in [4.78, 5) is 11.3. The summed E-state index contributed by atoms with van der Waals surface area (Å²) in [6.45, 7) is -2.27. The van der Waals surface area contributed by atoms with Crippen LogP contribution in [0.25, 0.3) is 0 Å². The van der Waals surface area contributed by atoms with Crippen LogP contribution in [0.4, 0.5) is 8.78 Å². The number of hydrogen-bond acceptors (Lipinski definition) is 3. The van der Waals surface area contributed by atoms with Crippen molar-refractivity contribution in [2.45, 2.75) is 5.92 Å². The highest BCUT2D eigenvalue weighted by molar-refractivity contribution is 5.94. The van der Waals surface area contributed by atoms with Crippen LogP contribution in [-0.4, -0.2) is 35.2 Å². The van der Waals surface area contributed by atoms with Gasteiger partial charge in [0.05, 0.1) is 6.54 Å². The van der Waals surface area contributed by atoms with Crippen LogP contribution in [0.2, 0.25) is 0 Å². The van der Waals surface area contributed by atoms with Gasteiger partial charge in [0.15, 0.2) is 0 Å². The Bertz CT molecular complexity index is 382. The molecule has 1 amide bonds. The van der Waals surface area contributed by atoms with Gasteiger partial charge in [-0.2, -0.15) is 0 Å². The summed E-state index contributed by atoms with van der Waals surface area (Å²) in [5.74, 6) is -4.20. The quantitative estimate of drug-likeness (QED) is 0.716. The molecule has 0 unspecified atom stereocenters. The van der Waals surface area contributed by atoms with Gasteiger partial charge in [0, 0.05) is 5.56 Å². The van der Waals surface area contributed by atoms with E-state index in [1.54, 1.807) is 0 Å². The average molecular weight is 231 g/mol. The number of aliphatic hydroxyl groups excluding tert-OH is 1. The van der Waals surface area contributed by atoms with Crippen LogP contribution in [0.3, 0.4) is 0 Å². The number of aliphatic hydroxyl groups is 1. The van der Waals surface area contributed by atoms with Crippen LogP contribution in [0.15, 0.2) is 24.3 Å². The van der Waals surface area contributed by atoms with Gasteiger partial charge in [0.2, 0.25) is 0 Å². The number of aromatic hydroxyl groups is 1. The molecule has 0 aliphatic carbocycles. The molecule has 0 fully saturated rings. The molecule has 0 radical (unpaired) electrons. The predicted molar refractivity (Wildman–Crippen MR) is 52.5 cm³/mol. The second-order valence-corrected chi connectivity index (χ2v) is 3.25. The normalized spacial score (nSPS) is 11.2. The molecule has 0 saturated heterocycles. The molecular formula is C10H11F2NO3. The van der Waals surface area contributed by atoms with Crippen molar-refractivity contribution in [3.63, 3.8) is 0 Å². The molecule has 3 N–H and O–H groups in total. The van der Waals surface area contributed by atoms with E-state index in [1.807, 2.05) is 5.32 Å². The van der Waals surface area contributed by atoms with Crippen molar-refractivity contribution < 1.29 is 23.8 Å². The minimum Gasteiger partial charge on any atom is -0.508 e. The van der Waals surface area contributed by atoms with Gasteiger partial charge < -0.3 is 15.5 Å². The molecule has 0 bridgehead atoms. The molecule has 0 aliphatic rings. The third-order valence-electron chi connectivity index (χ3n) is 1.85. The van der Waals surface area contributed by atoms with E-state index in [1.165, 1.54) is 18.2 Å². The Labute approximate surface area is 90.5 Å². The standard InChI is InChI=1S/C10H11F2NO3/c11-10(12,6-14)5-13-9(16)7-2-1-3-8(15)4-7/h1-4,14-15H,5-6H2,(H,13,16). The van der Waals surface area contributed by atoms with Crippen molar-refractivity contribution in [3.05, 3.63) is 29.8 Å². The summed E-state index contributed by atoms with van der Waals surface area (Å²) in [5, 5.41) is 19.3. The number of benzene rings is 1. The Morgan fingerprint density at radius 3 is 2.69 bits per heavy atom. The smallest absolute Gasteiger partial charge is 0.287 e. The molecule has 0 saturated carbocycles. The summed E-state index contributed by atoms with van der Waals surface area (Å²) < 4.78 is 25.2. The number of nitrogens with one attached hydrogen (secondary N) is 1. The number of phenols is 1. The maximum Gasteiger partial charge on any atom is 0.287 e. The van der Waals surface area contributed by atoms with Gasteiger partial charge in [-0.3, -0.25) is 4.79 Å². The van der Waals surface area contributed by atoms with Crippen LogP contribution >= 0.6 is 0 Å². The van der Waals surface area contributed by atoms with Crippen LogP contribution in [0.5, 0.6) is 5.75 Å². The zero-order valence-corrected chi connectivity index (χ0v) is 8.28. The Morgan fingerprint density at radius 1 is 1.44 bits per heavy atom. The maximum atomic E-state index is 12.6. The predicted octanol–water partition coefficient (Wildman–Crippen LogP) is 0.750. The molecule has 0 heterocycles. The number of carbonyl (C=O) groups is 1. The zero-order valence-electron chi connectivity index (χ0n) is 8.28. The molecule has 16 heavy (non-hydrogen) atoms. The van der Waals surface area contributed by atoms with Gasteiger partial charge in [0.1, 0.15) is 12.4 Å². The third kappa shape index (κ3) is 3.47. The van der Waals surface area contributed by atoms with Gasteiger partial charge >= 0.3 is 0 Å². The van der Waals surface area contributed by atoms with E-state index in [2.05, 4.69) is 0 Å². The van der Waals surface area contributed by atoms with Crippen molar-refractivity contribution in [1.82, 2.24) is 5.32 Å². The Kier molecular flexibility index (Phi) is 3.78. The summed E-state index contributed by atoms with van der Waals surface area (Å²) in [6, 6.07) is 5.33. The lowest BCUT2D eigenvalue weighted by atomic mass is 10.2. The first-order valence-electron chi connectivity index (χ1n) is 4.50. The largest absolute Gasteiger partial charge is 0.508 e. The van der Waals surface area contributed by atoms with Crippen molar-refractivity contribution >= 4 is 5.91 Å². The average Bonchev–Trinajstić information content (AvgIpc) is 2.26. The number of hydrogen-bond donors (Lipinski definition) is 3. The Hall–Kier alpha value is -1.69. The highest BCUT2D eigenvalue weighted by atomic mass is 19.3. The van der Waals surface area contributed by atoms with Crippen LogP contribution in [-0.2, 0) is 0 Å². The monoisotopic (exact) mass is 231 g/mol. The molecule has 4 nitrogen and oxygen atoms in total. The van der Waals surface area contributed by atoms with Gasteiger partial charge in [-0.25, -0.2) is 8.78 Å². The fourth-order valence-corrected chi connectivity index (χ4v) is 1.01. The summed E-state index contributed by atoms with van der Waals surface area (Å²) in [6.07, 6.45) is 0. The second kappa shape index (κ2) is 4.89. The maximum absolute atomic E-state index is 12.6. The number of carbonyl (C=O) groups excluding carboxylic acids is 1. The van der Waals surface area contributed by atoms with E-state index >= 15 is 0 Å². The Balaban J connectivity index is 2.60. The van der Waals surface area contributed by atoms with E-state index in [9.17, 15) is 13.6 Å². The molecule has 0 aromatic heterocycles. The molecule has 1 aromatic carbocycles. The van der Waals surface area contributed by atoms with Crippen LogP contribution < -0.4 is 5.32 Å². The molecule has 1 aromatic rings. The number of amides is 1. The minimum absolute atomic E-state index is 0.0775. The lowest BCUT2D eigenvalue weighted by Gasteiger charge is -2.13. The fraction of sp³-hybridized carbons (Fsp3) is 0.300. The lowest BCUT2D eigenvalue weighted by Crippen LogP contribution is -2.38. The van der Waals surface area contributed by atoms with E-state index in [-0.39, 0.29) is 11.3 Å². The first-order chi connectivity index (χ1) is 7.44. The summed E-state index contributed by atoms with van der Waals surface area (Å²) in [7, 11) is 0. The highest BCUT2D eigenvalue weighted by Gasteiger charge is 2.28. The van der Waals surface area contributed by atoms with Crippen molar-refractivity contribution in [1.29, 1.82) is 0 Å². The molecule has 0 spiro atoms. The number of phenolic OH excluding ortho intramolecular Hbond substituents is 1. The highest BCUT2D eigenvalue weighted by Crippen LogP contribution is 2.12. The molecule has 0 atom stereocenters. The lowest BCUT2D eigenvalue weighted by molar-refractivity contribution is -0.0462. The first-order valence-corrected chi connectivity index (χ1v) is 4.50. The van der Waals surface area contributed by atoms with Gasteiger partial charge in [-0.1, -0.05) is 6.07 Å². The SMILES string of the molecule is O=C(NCC(F)(F)CO)c1cccc(O)c1. The van der Waals surface area contributed by atoms with Crippen molar-refractivity contribution in [3.8, 4) is 5.75 Å². The number of alkyl halides is 2. The van der Waals surface area contributed by atoms with E-state index in [4.69, 9.17) is 10.2 Å². The van der Waals surface area contributed by atoms with E-state index < -0.39 is 25.0 Å². The molecule has 88 valence electrons. The molecular weight excluding hydrogens is 220 g/mol. The zero-order chi connectivity index (χ0) is 12.2. The molecule has 1 rings (SSSR count). The van der Waals surface area contributed by atoms with Crippen molar-refractivity contribution in [2.75, 3.05) is 13.2 Å². The summed E-state index contributed by atoms with van der Waals surface area (Å²) in [5.41, 5.74) is 0.0775. The van der Waals surface area contributed by atoms with E-state index in [0.717, 1.165) is 6.07 Å². The van der Waals surface area contributed by atoms with Gasteiger partial charge in [0.25, 0.3) is 11.8 Å². The minimum atomic E-state index is -3.34. The summed E-state index contributed by atoms with van der Waals surface area (Å²) >= 11 is 0.